The van der Waals surface area contributed by atoms with Crippen LogP contribution in [0.1, 0.15) is 19.3 Å². The lowest BCUT2D eigenvalue weighted by Crippen LogP contribution is -2.48. The highest BCUT2D eigenvalue weighted by atomic mass is 79.9. The van der Waals surface area contributed by atoms with Crippen LogP contribution in [0.15, 0.2) is 27.6 Å². The third-order valence-corrected chi connectivity index (χ3v) is 5.64. The minimum Gasteiger partial charge on any atom is -0.480 e. The molecule has 0 aromatic heterocycles. The fourth-order valence-corrected chi connectivity index (χ4v) is 4.50. The number of carbonyl (C=O) groups is 1. The van der Waals surface area contributed by atoms with Crippen molar-refractivity contribution >= 4 is 31.9 Å². The van der Waals surface area contributed by atoms with E-state index in [0.717, 1.165) is 16.4 Å². The first kappa shape index (κ1) is 15.4. The van der Waals surface area contributed by atoms with Gasteiger partial charge in [0.05, 0.1) is 0 Å². The first-order valence-electron chi connectivity index (χ1n) is 6.04. The van der Waals surface area contributed by atoms with Crippen molar-refractivity contribution in [2.24, 2.45) is 0 Å². The van der Waals surface area contributed by atoms with Crippen molar-refractivity contribution in [3.05, 3.63) is 28.5 Å². The highest BCUT2D eigenvalue weighted by Gasteiger charge is 2.38. The van der Waals surface area contributed by atoms with Crippen LogP contribution in [-0.4, -0.2) is 36.4 Å². The Bertz CT molecular complexity index is 634. The Labute approximate surface area is 124 Å². The van der Waals surface area contributed by atoms with Crippen LogP contribution in [0.3, 0.4) is 0 Å². The lowest BCUT2D eigenvalue weighted by atomic mass is 10.1. The van der Waals surface area contributed by atoms with Crippen LogP contribution < -0.4 is 0 Å². The van der Waals surface area contributed by atoms with Gasteiger partial charge in [-0.2, -0.15) is 4.31 Å². The largest absolute Gasteiger partial charge is 0.480 e. The summed E-state index contributed by atoms with van der Waals surface area (Å²) in [5, 5.41) is 9.13. The molecule has 5 nitrogen and oxygen atoms in total. The van der Waals surface area contributed by atoms with Crippen LogP contribution in [0.4, 0.5) is 4.39 Å². The van der Waals surface area contributed by atoms with E-state index in [1.165, 1.54) is 6.07 Å². The van der Waals surface area contributed by atoms with Crippen LogP contribution >= 0.6 is 15.9 Å². The maximum atomic E-state index is 13.8. The number of hydrogen-bond donors (Lipinski definition) is 1. The quantitative estimate of drug-likeness (QED) is 0.890. The van der Waals surface area contributed by atoms with Crippen molar-refractivity contribution in [1.82, 2.24) is 4.31 Å². The van der Waals surface area contributed by atoms with Crippen molar-refractivity contribution in [1.29, 1.82) is 0 Å². The van der Waals surface area contributed by atoms with E-state index >= 15 is 0 Å². The molecule has 1 atom stereocenters. The van der Waals surface area contributed by atoms with Gasteiger partial charge in [0.2, 0.25) is 10.0 Å². The molecule has 1 fully saturated rings. The lowest BCUT2D eigenvalue weighted by Gasteiger charge is -2.31. The van der Waals surface area contributed by atoms with Gasteiger partial charge in [-0.1, -0.05) is 15.9 Å². The van der Waals surface area contributed by atoms with Gasteiger partial charge in [-0.15, -0.1) is 0 Å². The van der Waals surface area contributed by atoms with Crippen LogP contribution in [0.25, 0.3) is 0 Å². The van der Waals surface area contributed by atoms with E-state index in [9.17, 15) is 17.6 Å². The summed E-state index contributed by atoms with van der Waals surface area (Å²) in [5.74, 6) is -2.09. The monoisotopic (exact) mass is 365 g/mol. The molecule has 110 valence electrons. The second-order valence-corrected chi connectivity index (χ2v) is 7.31. The topological polar surface area (TPSA) is 74.7 Å². The summed E-state index contributed by atoms with van der Waals surface area (Å²) in [6.45, 7) is 0.0885. The lowest BCUT2D eigenvalue weighted by molar-refractivity contribution is -0.142. The molecular weight excluding hydrogens is 353 g/mol. The normalized spacial score (nSPS) is 20.8. The highest BCUT2D eigenvalue weighted by Crippen LogP contribution is 2.28. The van der Waals surface area contributed by atoms with E-state index in [1.807, 2.05) is 0 Å². The van der Waals surface area contributed by atoms with Crippen molar-refractivity contribution in [2.75, 3.05) is 6.54 Å². The van der Waals surface area contributed by atoms with E-state index in [0.29, 0.717) is 17.3 Å². The molecule has 0 aliphatic carbocycles. The summed E-state index contributed by atoms with van der Waals surface area (Å²) in [6, 6.07) is 2.45. The van der Waals surface area contributed by atoms with Crippen LogP contribution in [0.2, 0.25) is 0 Å². The first-order valence-corrected chi connectivity index (χ1v) is 8.27. The maximum absolute atomic E-state index is 13.8. The molecule has 0 radical (unpaired) electrons. The van der Waals surface area contributed by atoms with Gasteiger partial charge in [-0.3, -0.25) is 4.79 Å². The van der Waals surface area contributed by atoms with Crippen LogP contribution in [-0.2, 0) is 14.8 Å². The molecule has 1 aromatic carbocycles. The molecule has 1 heterocycles. The molecule has 1 aliphatic rings. The SMILES string of the molecule is O=C(O)C1CCCCN1S(=O)(=O)c1cc(Br)ccc1F. The average Bonchev–Trinajstić information content (AvgIpc) is 2.41. The Hall–Kier alpha value is -0.990. The number of carboxylic acid groups (broad SMARTS) is 1. The van der Waals surface area contributed by atoms with E-state index in [1.54, 1.807) is 0 Å². The van der Waals surface area contributed by atoms with Crippen LogP contribution in [0.5, 0.6) is 0 Å². The van der Waals surface area contributed by atoms with Gasteiger partial charge in [0.25, 0.3) is 0 Å². The molecule has 2 rings (SSSR count). The molecule has 0 bridgehead atoms. The van der Waals surface area contributed by atoms with Gasteiger partial charge < -0.3 is 5.11 Å². The molecule has 1 aromatic rings. The molecule has 1 N–H and O–H groups in total. The van der Waals surface area contributed by atoms with Gasteiger partial charge >= 0.3 is 5.97 Å². The molecule has 8 heteroatoms. The zero-order valence-corrected chi connectivity index (χ0v) is 12.8. The van der Waals surface area contributed by atoms with Crippen molar-refractivity contribution in [3.8, 4) is 0 Å². The van der Waals surface area contributed by atoms with Gasteiger partial charge in [0, 0.05) is 11.0 Å². The number of carboxylic acids is 1. The fraction of sp³-hybridized carbons (Fsp3) is 0.417. The Morgan fingerprint density at radius 1 is 1.40 bits per heavy atom. The van der Waals surface area contributed by atoms with Gasteiger partial charge in [-0.05, 0) is 37.5 Å². The molecule has 0 amide bonds. The minimum absolute atomic E-state index is 0.0885. The van der Waals surface area contributed by atoms with Gasteiger partial charge in [0.15, 0.2) is 0 Å². The maximum Gasteiger partial charge on any atom is 0.322 e. The fourth-order valence-electron chi connectivity index (χ4n) is 2.24. The Morgan fingerprint density at radius 2 is 2.10 bits per heavy atom. The molecule has 1 saturated heterocycles. The summed E-state index contributed by atoms with van der Waals surface area (Å²) in [5.41, 5.74) is 0. The number of aliphatic carboxylic acids is 1. The average molecular weight is 366 g/mol. The van der Waals surface area contributed by atoms with E-state index in [-0.39, 0.29) is 13.0 Å². The predicted molar refractivity (Wildman–Crippen MR) is 73.3 cm³/mol. The van der Waals surface area contributed by atoms with E-state index in [4.69, 9.17) is 5.11 Å². The first-order chi connectivity index (χ1) is 9.34. The zero-order valence-electron chi connectivity index (χ0n) is 10.4. The van der Waals surface area contributed by atoms with Gasteiger partial charge in [-0.25, -0.2) is 12.8 Å². The third kappa shape index (κ3) is 2.87. The number of nitrogens with zero attached hydrogens (tertiary/aromatic N) is 1. The molecule has 0 saturated carbocycles. The summed E-state index contributed by atoms with van der Waals surface area (Å²) in [4.78, 5) is 10.7. The number of halogens is 2. The van der Waals surface area contributed by atoms with E-state index < -0.39 is 32.7 Å². The summed E-state index contributed by atoms with van der Waals surface area (Å²) < 4.78 is 40.0. The molecule has 1 aliphatic heterocycles. The number of piperidine rings is 1. The Kier molecular flexibility index (Phi) is 4.46. The number of sulfonamides is 1. The number of rotatable bonds is 3. The molecule has 0 spiro atoms. The Balaban J connectivity index is 2.47. The standard InChI is InChI=1S/C12H13BrFNO4S/c13-8-4-5-9(14)11(7-8)20(18,19)15-6-2-1-3-10(15)12(16)17/h4-5,7,10H,1-3,6H2,(H,16,17). The number of benzene rings is 1. The van der Waals surface area contributed by atoms with Crippen molar-refractivity contribution in [3.63, 3.8) is 0 Å². The van der Waals surface area contributed by atoms with Crippen LogP contribution in [0, 0.1) is 5.82 Å². The molecular formula is C12H13BrFNO4S. The highest BCUT2D eigenvalue weighted by molar-refractivity contribution is 9.10. The zero-order chi connectivity index (χ0) is 14.9. The predicted octanol–water partition coefficient (Wildman–Crippen LogP) is 2.22. The van der Waals surface area contributed by atoms with Crippen molar-refractivity contribution < 1.29 is 22.7 Å². The second-order valence-electron chi connectivity index (χ2n) is 4.54. The van der Waals surface area contributed by atoms with E-state index in [2.05, 4.69) is 15.9 Å². The molecule has 20 heavy (non-hydrogen) atoms. The summed E-state index contributed by atoms with van der Waals surface area (Å²) >= 11 is 3.09. The third-order valence-electron chi connectivity index (χ3n) is 3.22. The second kappa shape index (κ2) is 5.79. The minimum atomic E-state index is -4.16. The Morgan fingerprint density at radius 3 is 2.75 bits per heavy atom. The van der Waals surface area contributed by atoms with Gasteiger partial charge in [0.1, 0.15) is 16.8 Å². The summed E-state index contributed by atoms with van der Waals surface area (Å²) in [6.07, 6.45) is 1.45. The smallest absolute Gasteiger partial charge is 0.322 e. The summed E-state index contributed by atoms with van der Waals surface area (Å²) in [7, 11) is -4.16. The molecule has 1 unspecified atom stereocenters. The number of hydrogen-bond acceptors (Lipinski definition) is 3. The van der Waals surface area contributed by atoms with Crippen molar-refractivity contribution in [2.45, 2.75) is 30.2 Å².